The molecule has 1 unspecified atom stereocenters. The highest BCUT2D eigenvalue weighted by Gasteiger charge is 2.15. The van der Waals surface area contributed by atoms with E-state index in [1.54, 1.807) is 0 Å². The third-order valence-corrected chi connectivity index (χ3v) is 5.35. The molecular formula is C22H22FN3O2. The molecule has 3 aromatic rings. The van der Waals surface area contributed by atoms with Crippen molar-refractivity contribution in [3.63, 3.8) is 0 Å². The number of rotatable bonds is 4. The Morgan fingerprint density at radius 3 is 2.79 bits per heavy atom. The fourth-order valence-corrected chi connectivity index (χ4v) is 3.79. The maximum absolute atomic E-state index is 13.3. The second-order valence-corrected chi connectivity index (χ2v) is 7.36. The first-order valence-corrected chi connectivity index (χ1v) is 9.57. The molecule has 0 fully saturated rings. The largest absolute Gasteiger partial charge is 0.348 e. The van der Waals surface area contributed by atoms with Gasteiger partial charge in [-0.05, 0) is 61.4 Å². The van der Waals surface area contributed by atoms with Crippen LogP contribution in [0.1, 0.15) is 42.5 Å². The van der Waals surface area contributed by atoms with Gasteiger partial charge in [-0.1, -0.05) is 18.2 Å². The normalized spacial score (nSPS) is 14.5. The van der Waals surface area contributed by atoms with Crippen molar-refractivity contribution in [1.29, 1.82) is 0 Å². The van der Waals surface area contributed by atoms with Crippen LogP contribution in [0.2, 0.25) is 0 Å². The molecule has 0 bridgehead atoms. The number of halogens is 1. The van der Waals surface area contributed by atoms with Crippen LogP contribution in [0.5, 0.6) is 0 Å². The van der Waals surface area contributed by atoms with E-state index in [1.165, 1.54) is 53.1 Å². The van der Waals surface area contributed by atoms with Crippen molar-refractivity contribution in [1.82, 2.24) is 14.9 Å². The Morgan fingerprint density at radius 2 is 1.96 bits per heavy atom. The summed E-state index contributed by atoms with van der Waals surface area (Å²) in [4.78, 5) is 29.1. The van der Waals surface area contributed by atoms with Crippen LogP contribution in [0.25, 0.3) is 10.9 Å². The Morgan fingerprint density at radius 1 is 1.18 bits per heavy atom. The van der Waals surface area contributed by atoms with Gasteiger partial charge in [-0.15, -0.1) is 0 Å². The minimum absolute atomic E-state index is 0.131. The summed E-state index contributed by atoms with van der Waals surface area (Å²) in [6.45, 7) is 1.81. The number of nitrogens with zero attached hydrogens (tertiary/aromatic N) is 2. The Labute approximate surface area is 162 Å². The monoisotopic (exact) mass is 379 g/mol. The predicted molar refractivity (Wildman–Crippen MR) is 106 cm³/mol. The molecular weight excluding hydrogens is 357 g/mol. The molecule has 0 aliphatic heterocycles. The van der Waals surface area contributed by atoms with Crippen molar-refractivity contribution in [2.24, 2.45) is 0 Å². The van der Waals surface area contributed by atoms with Crippen LogP contribution in [-0.2, 0) is 24.2 Å². The summed E-state index contributed by atoms with van der Waals surface area (Å²) in [5.74, 6) is -0.718. The highest BCUT2D eigenvalue weighted by Crippen LogP contribution is 2.24. The molecule has 5 nitrogen and oxygen atoms in total. The Kier molecular flexibility index (Phi) is 4.94. The number of fused-ring (bicyclic) bond motifs is 2. The van der Waals surface area contributed by atoms with Gasteiger partial charge in [0.25, 0.3) is 5.56 Å². The second-order valence-electron chi connectivity index (χ2n) is 7.36. The lowest BCUT2D eigenvalue weighted by molar-refractivity contribution is -0.122. The number of nitrogens with one attached hydrogen (secondary N) is 1. The summed E-state index contributed by atoms with van der Waals surface area (Å²) in [5, 5.41) is 3.24. The molecule has 0 spiro atoms. The van der Waals surface area contributed by atoms with Gasteiger partial charge in [0.1, 0.15) is 12.4 Å². The first-order chi connectivity index (χ1) is 13.5. The van der Waals surface area contributed by atoms with E-state index in [9.17, 15) is 14.0 Å². The van der Waals surface area contributed by atoms with E-state index in [2.05, 4.69) is 28.5 Å². The van der Waals surface area contributed by atoms with Gasteiger partial charge >= 0.3 is 0 Å². The van der Waals surface area contributed by atoms with E-state index >= 15 is 0 Å². The third kappa shape index (κ3) is 3.67. The van der Waals surface area contributed by atoms with Gasteiger partial charge in [-0.3, -0.25) is 14.2 Å². The maximum atomic E-state index is 13.3. The number of amides is 1. The number of carbonyl (C=O) groups excluding carboxylic acids is 1. The highest BCUT2D eigenvalue weighted by atomic mass is 19.1. The molecule has 144 valence electrons. The molecule has 1 aromatic heterocycles. The molecule has 4 rings (SSSR count). The van der Waals surface area contributed by atoms with Crippen molar-refractivity contribution in [2.75, 3.05) is 0 Å². The van der Waals surface area contributed by atoms with Crippen molar-refractivity contribution >= 4 is 16.8 Å². The third-order valence-electron chi connectivity index (χ3n) is 5.35. The maximum Gasteiger partial charge on any atom is 0.261 e. The fourth-order valence-electron chi connectivity index (χ4n) is 3.79. The zero-order valence-electron chi connectivity index (χ0n) is 15.7. The van der Waals surface area contributed by atoms with Crippen molar-refractivity contribution in [3.05, 3.63) is 75.6 Å². The second kappa shape index (κ2) is 7.54. The summed E-state index contributed by atoms with van der Waals surface area (Å²) in [6, 6.07) is 10.1. The zero-order chi connectivity index (χ0) is 19.7. The number of carbonyl (C=O) groups is 1. The van der Waals surface area contributed by atoms with Crippen molar-refractivity contribution in [3.8, 4) is 0 Å². The zero-order valence-corrected chi connectivity index (χ0v) is 15.7. The quantitative estimate of drug-likeness (QED) is 0.757. The lowest BCUT2D eigenvalue weighted by atomic mass is 9.89. The fraction of sp³-hybridized carbons (Fsp3) is 0.318. The number of aryl methyl sites for hydroxylation is 2. The first-order valence-electron chi connectivity index (χ1n) is 9.57. The number of hydrogen-bond acceptors (Lipinski definition) is 3. The average Bonchev–Trinajstić information content (AvgIpc) is 2.69. The molecule has 0 saturated heterocycles. The first kappa shape index (κ1) is 18.3. The van der Waals surface area contributed by atoms with Crippen LogP contribution in [0.3, 0.4) is 0 Å². The molecule has 1 heterocycles. The van der Waals surface area contributed by atoms with Crippen LogP contribution >= 0.6 is 0 Å². The number of aromatic nitrogens is 2. The minimum Gasteiger partial charge on any atom is -0.348 e. The van der Waals surface area contributed by atoms with E-state index < -0.39 is 5.82 Å². The summed E-state index contributed by atoms with van der Waals surface area (Å²) < 4.78 is 14.5. The lowest BCUT2D eigenvalue weighted by Crippen LogP contribution is -2.34. The van der Waals surface area contributed by atoms with Gasteiger partial charge in [0.2, 0.25) is 5.91 Å². The minimum atomic E-state index is -0.450. The van der Waals surface area contributed by atoms with E-state index in [0.717, 1.165) is 18.4 Å². The molecule has 1 amide bonds. The van der Waals surface area contributed by atoms with Crippen molar-refractivity contribution < 1.29 is 9.18 Å². The number of benzene rings is 2. The van der Waals surface area contributed by atoms with Gasteiger partial charge in [0.05, 0.1) is 23.3 Å². The molecule has 2 aromatic carbocycles. The van der Waals surface area contributed by atoms with E-state index in [4.69, 9.17) is 0 Å². The van der Waals surface area contributed by atoms with Crippen LogP contribution in [0, 0.1) is 5.82 Å². The predicted octanol–water partition coefficient (Wildman–Crippen LogP) is 3.29. The summed E-state index contributed by atoms with van der Waals surface area (Å²) >= 11 is 0. The van der Waals surface area contributed by atoms with Crippen LogP contribution < -0.4 is 10.9 Å². The van der Waals surface area contributed by atoms with Gasteiger partial charge in [-0.25, -0.2) is 9.37 Å². The lowest BCUT2D eigenvalue weighted by Gasteiger charge is -2.20. The SMILES string of the molecule is CC(NC(=O)Cn1cnc2cc(F)ccc2c1=O)c1ccc2c(c1)CCCC2. The summed E-state index contributed by atoms with van der Waals surface area (Å²) in [6.07, 6.45) is 5.94. The van der Waals surface area contributed by atoms with Gasteiger partial charge in [-0.2, -0.15) is 0 Å². The topological polar surface area (TPSA) is 64.0 Å². The Bertz CT molecular complexity index is 1110. The average molecular weight is 379 g/mol. The van der Waals surface area contributed by atoms with Gasteiger partial charge < -0.3 is 5.32 Å². The molecule has 1 N–H and O–H groups in total. The summed E-state index contributed by atoms with van der Waals surface area (Å²) in [5.41, 5.74) is 3.75. The molecule has 0 radical (unpaired) electrons. The van der Waals surface area contributed by atoms with Crippen LogP contribution in [0.15, 0.2) is 47.5 Å². The van der Waals surface area contributed by atoms with E-state index in [-0.39, 0.29) is 29.6 Å². The van der Waals surface area contributed by atoms with Gasteiger partial charge in [0, 0.05) is 6.07 Å². The Balaban J connectivity index is 1.48. The molecule has 1 atom stereocenters. The van der Waals surface area contributed by atoms with Gasteiger partial charge in [0.15, 0.2) is 0 Å². The molecule has 6 heteroatoms. The molecule has 1 aliphatic rings. The van der Waals surface area contributed by atoms with Crippen molar-refractivity contribution in [2.45, 2.75) is 45.2 Å². The van der Waals surface area contributed by atoms with E-state index in [0.29, 0.717) is 5.39 Å². The summed E-state index contributed by atoms with van der Waals surface area (Å²) in [7, 11) is 0. The van der Waals surface area contributed by atoms with Crippen LogP contribution in [-0.4, -0.2) is 15.5 Å². The van der Waals surface area contributed by atoms with Crippen LogP contribution in [0.4, 0.5) is 4.39 Å². The molecule has 1 aliphatic carbocycles. The Hall–Kier alpha value is -3.02. The standard InChI is InChI=1S/C22H22FN3O2/c1-14(16-7-6-15-4-2-3-5-17(15)10-16)25-21(27)12-26-13-24-20-11-18(23)8-9-19(20)22(26)28/h6-11,13-14H,2-5,12H2,1H3,(H,25,27). The highest BCUT2D eigenvalue weighted by molar-refractivity contribution is 5.79. The van der Waals surface area contributed by atoms with E-state index in [1.807, 2.05) is 6.92 Å². The molecule has 0 saturated carbocycles. The number of hydrogen-bond donors (Lipinski definition) is 1. The molecule has 28 heavy (non-hydrogen) atoms. The smallest absolute Gasteiger partial charge is 0.261 e.